The van der Waals surface area contributed by atoms with Gasteiger partial charge in [0, 0.05) is 53.0 Å². The van der Waals surface area contributed by atoms with Gasteiger partial charge in [0.15, 0.2) is 18.3 Å². The molecule has 4 heterocycles. The number of aromatic nitrogens is 1. The third-order valence-corrected chi connectivity index (χ3v) is 23.5. The van der Waals surface area contributed by atoms with Crippen molar-refractivity contribution in [3.8, 4) is 33.4 Å². The molecule has 3 amide bonds. The van der Waals surface area contributed by atoms with Gasteiger partial charge >= 0.3 is 17.9 Å². The number of halogens is 2. The summed E-state index contributed by atoms with van der Waals surface area (Å²) in [5.74, 6) is -1.24. The standard InChI is InChI=1S/C31H38N2O4.C28H35BrN2O4.C27H33BrN2O4/c1-18-11-13-21(14-12-18)24-22-17-19(2)33-26(22)25(32(7)29(35)31(33)15-9-10-16-31)20(3)23(24)27(28(34)36-8)37-30(4,5)6;1-16-10-12-18(13-11-16)20-19(24(25(32)34-7)35-27(3,4)5)17(2)23-22(21(20)29)30-28(14-8-9-15-28)26(33)31(23)6;1-15-9-11-17(12-10-15)19-18(23(24(31)33-6)34-26(3,4)5)16(2)21-22(20(19)28)30-27(25(32)29-21)13-7-8-14-27/h11-14,17,27H,9-10,15-16H2,1-8H3;10-13,24,30H,8-9,14-15H2,1-7H3;9-12,23,30H,7-8,13-14H2,1-6H3,(H,29,32)/t27-;24-;23-/m000/s1. The summed E-state index contributed by atoms with van der Waals surface area (Å²) in [7, 11) is 7.84. The molecule has 0 unspecified atom stereocenters. The van der Waals surface area contributed by atoms with Crippen LogP contribution >= 0.6 is 31.9 Å². The minimum atomic E-state index is -0.970. The summed E-state index contributed by atoms with van der Waals surface area (Å²) in [6, 6.07) is 27.0. The molecule has 106 heavy (non-hydrogen) atoms. The molecule has 3 aliphatic carbocycles. The summed E-state index contributed by atoms with van der Waals surface area (Å²) in [4.78, 5) is 84.0. The van der Waals surface area contributed by atoms with E-state index in [1.54, 1.807) is 4.90 Å². The highest BCUT2D eigenvalue weighted by molar-refractivity contribution is 9.11. The second-order valence-corrected chi connectivity index (χ2v) is 34.4. The summed E-state index contributed by atoms with van der Waals surface area (Å²) >= 11 is 7.75. The van der Waals surface area contributed by atoms with Gasteiger partial charge < -0.3 is 58.7 Å². The first-order valence-corrected chi connectivity index (χ1v) is 38.7. The maximum atomic E-state index is 14.0. The maximum absolute atomic E-state index is 14.0. The highest BCUT2D eigenvalue weighted by Crippen LogP contribution is 2.58. The Morgan fingerprint density at radius 1 is 0.453 bits per heavy atom. The Morgan fingerprint density at radius 3 is 1.22 bits per heavy atom. The van der Waals surface area contributed by atoms with Gasteiger partial charge in [-0.1, -0.05) is 128 Å². The van der Waals surface area contributed by atoms with Crippen LogP contribution in [0.15, 0.2) is 87.8 Å². The normalized spacial score (nSPS) is 17.7. The molecule has 20 heteroatoms. The fraction of sp³-hybridized carbons (Fsp3) is 0.488. The van der Waals surface area contributed by atoms with Gasteiger partial charge in [-0.2, -0.15) is 0 Å². The number of aryl methyl sites for hydroxylation is 4. The maximum Gasteiger partial charge on any atom is 0.339 e. The molecular formula is C86H106Br2N6O12. The number of fused-ring (bicyclic) bond motifs is 3. The number of nitrogens with one attached hydrogen (secondary N) is 3. The SMILES string of the molecule is COC(=O)[C@@H](OC(C)(C)C)c1c(C)c2c(c(Br)c1-c1ccc(C)cc1)NC1(CCCC1)C(=O)N2.COC(=O)[C@@H](OC(C)(C)C)c1c(C)c2c(c(Br)c1-c1ccc(C)cc1)NC1(CCCC1)C(=O)N2C.COC(=O)[C@@H](OC(C)(C)C)c1c(C)c2c3c(cc(C)n3C3(CCCC3)C(=O)N2C)c1-c1ccc(C)cc1. The van der Waals surface area contributed by atoms with Crippen molar-refractivity contribution in [2.75, 3.05) is 61.2 Å². The molecule has 1 aromatic heterocycles. The number of amides is 3. The van der Waals surface area contributed by atoms with Crippen LogP contribution in [0.25, 0.3) is 44.3 Å². The van der Waals surface area contributed by atoms with E-state index in [0.717, 1.165) is 198 Å². The van der Waals surface area contributed by atoms with Gasteiger partial charge in [0.05, 0.1) is 81.0 Å². The molecule has 3 atom stereocenters. The average Bonchev–Trinajstić information content (AvgIpc) is 1.51. The molecule has 0 bridgehead atoms. The second-order valence-electron chi connectivity index (χ2n) is 32.8. The number of methoxy groups -OCH3 is 3. The number of nitrogens with zero attached hydrogens (tertiary/aromatic N) is 3. The van der Waals surface area contributed by atoms with Gasteiger partial charge in [0.25, 0.3) is 11.8 Å². The minimum absolute atomic E-state index is 0.0205. The smallest absolute Gasteiger partial charge is 0.339 e. The molecule has 0 saturated heterocycles. The van der Waals surface area contributed by atoms with Gasteiger partial charge in [-0.3, -0.25) is 14.4 Å². The van der Waals surface area contributed by atoms with Crippen LogP contribution in [0.1, 0.15) is 213 Å². The van der Waals surface area contributed by atoms with Crippen molar-refractivity contribution in [3.63, 3.8) is 0 Å². The molecule has 0 radical (unpaired) electrons. The van der Waals surface area contributed by atoms with E-state index in [4.69, 9.17) is 28.4 Å². The van der Waals surface area contributed by atoms with Crippen LogP contribution in [-0.4, -0.2) is 104 Å². The molecule has 7 aromatic rings. The third kappa shape index (κ3) is 14.6. The molecule has 3 saturated carbocycles. The van der Waals surface area contributed by atoms with Crippen LogP contribution < -0.4 is 25.8 Å². The van der Waals surface area contributed by atoms with E-state index in [9.17, 15) is 28.8 Å². The number of carbonyl (C=O) groups excluding carboxylic acids is 6. The molecule has 3 aliphatic heterocycles. The Kier molecular flexibility index (Phi) is 22.4. The van der Waals surface area contributed by atoms with E-state index in [1.165, 1.54) is 21.3 Å². The van der Waals surface area contributed by atoms with Gasteiger partial charge in [-0.25, -0.2) is 14.4 Å². The first kappa shape index (κ1) is 79.2. The largest absolute Gasteiger partial charge is 0.467 e. The Morgan fingerprint density at radius 2 is 0.802 bits per heavy atom. The van der Waals surface area contributed by atoms with Crippen molar-refractivity contribution in [1.29, 1.82) is 0 Å². The van der Waals surface area contributed by atoms with Crippen molar-refractivity contribution in [2.24, 2.45) is 0 Å². The Hall–Kier alpha value is -7.88. The Labute approximate surface area is 642 Å². The number of rotatable bonds is 12. The number of ether oxygens (including phenoxy) is 6. The van der Waals surface area contributed by atoms with E-state index in [-0.39, 0.29) is 17.7 Å². The van der Waals surface area contributed by atoms with Gasteiger partial charge in [-0.05, 0) is 226 Å². The Bertz CT molecular complexity index is 4620. The van der Waals surface area contributed by atoms with Crippen molar-refractivity contribution >= 4 is 107 Å². The van der Waals surface area contributed by atoms with Crippen LogP contribution in [0.4, 0.5) is 28.4 Å². The number of hydrogen-bond acceptors (Lipinski definition) is 14. The van der Waals surface area contributed by atoms with Crippen LogP contribution in [0.5, 0.6) is 0 Å². The number of hydrogen-bond donors (Lipinski definition) is 3. The van der Waals surface area contributed by atoms with Crippen LogP contribution in [0.3, 0.4) is 0 Å². The third-order valence-electron chi connectivity index (χ3n) is 21.9. The molecule has 13 rings (SSSR count). The summed E-state index contributed by atoms with van der Waals surface area (Å²) in [6.45, 7) is 31.4. The summed E-state index contributed by atoms with van der Waals surface area (Å²) < 4.78 is 38.6. The van der Waals surface area contributed by atoms with Gasteiger partial charge in [-0.15, -0.1) is 0 Å². The quantitative estimate of drug-likeness (QED) is 0.0769. The number of anilines is 5. The van der Waals surface area contributed by atoms with Crippen molar-refractivity contribution in [2.45, 2.75) is 240 Å². The van der Waals surface area contributed by atoms with E-state index >= 15 is 0 Å². The van der Waals surface area contributed by atoms with Gasteiger partial charge in [0.1, 0.15) is 16.6 Å². The summed E-state index contributed by atoms with van der Waals surface area (Å²) in [5, 5.41) is 11.4. The lowest BCUT2D eigenvalue weighted by atomic mass is 9.85. The van der Waals surface area contributed by atoms with E-state index < -0.39 is 69.6 Å². The monoisotopic (exact) mass is 1570 g/mol. The number of benzene rings is 6. The number of carbonyl (C=O) groups is 6. The van der Waals surface area contributed by atoms with Crippen molar-refractivity contribution < 1.29 is 57.2 Å². The fourth-order valence-electron chi connectivity index (χ4n) is 17.1. The highest BCUT2D eigenvalue weighted by atomic mass is 79.9. The Balaban J connectivity index is 0.000000159. The average molecular weight is 1580 g/mol. The lowest BCUT2D eigenvalue weighted by Crippen LogP contribution is -2.55. The molecule has 18 nitrogen and oxygen atoms in total. The molecule has 3 fully saturated rings. The van der Waals surface area contributed by atoms with Crippen molar-refractivity contribution in [1.82, 2.24) is 4.57 Å². The molecule has 3 spiro atoms. The molecule has 3 N–H and O–H groups in total. The molecule has 566 valence electrons. The predicted molar refractivity (Wildman–Crippen MR) is 428 cm³/mol. The topological polar surface area (TPSA) is 205 Å². The number of likely N-dealkylation sites (N-methyl/N-ethyl adjacent to an activating group) is 2. The zero-order valence-corrected chi connectivity index (χ0v) is 68.9. The first-order chi connectivity index (χ1) is 49.8. The lowest BCUT2D eigenvalue weighted by molar-refractivity contribution is -0.164. The highest BCUT2D eigenvalue weighted by Gasteiger charge is 2.53. The van der Waals surface area contributed by atoms with E-state index in [0.29, 0.717) is 16.8 Å². The summed E-state index contributed by atoms with van der Waals surface area (Å²) in [6.07, 6.45) is 8.15. The first-order valence-electron chi connectivity index (χ1n) is 37.1. The second kappa shape index (κ2) is 29.9. The van der Waals surface area contributed by atoms with Crippen LogP contribution in [-0.2, 0) is 62.7 Å². The zero-order chi connectivity index (χ0) is 77.4. The predicted octanol–water partition coefficient (Wildman–Crippen LogP) is 19.4. The van der Waals surface area contributed by atoms with E-state index in [1.807, 2.05) is 140 Å². The molecule has 6 aliphatic rings. The molecule has 6 aromatic carbocycles. The van der Waals surface area contributed by atoms with Gasteiger partial charge in [0.2, 0.25) is 5.91 Å². The zero-order valence-electron chi connectivity index (χ0n) is 65.7. The minimum Gasteiger partial charge on any atom is -0.467 e. The molecular weight excluding hydrogens is 1470 g/mol. The fourth-order valence-corrected chi connectivity index (χ4v) is 18.5. The number of esters is 3. The van der Waals surface area contributed by atoms with Crippen LogP contribution in [0, 0.1) is 48.5 Å². The van der Waals surface area contributed by atoms with E-state index in [2.05, 4.69) is 121 Å². The lowest BCUT2D eigenvalue weighted by Gasteiger charge is -2.43. The summed E-state index contributed by atoms with van der Waals surface area (Å²) in [5.41, 5.74) is 16.2. The van der Waals surface area contributed by atoms with Crippen LogP contribution in [0.2, 0.25) is 0 Å². The van der Waals surface area contributed by atoms with Crippen molar-refractivity contribution in [3.05, 3.63) is 144 Å².